The minimum absolute atomic E-state index is 0.0540. The molecule has 1 aromatic heterocycles. The van der Waals surface area contributed by atoms with Gasteiger partial charge in [0.25, 0.3) is 5.91 Å². The summed E-state index contributed by atoms with van der Waals surface area (Å²) in [5, 5.41) is 2.79. The maximum atomic E-state index is 11.7. The molecule has 2 rings (SSSR count). The van der Waals surface area contributed by atoms with Crippen molar-refractivity contribution in [2.75, 3.05) is 12.4 Å². The van der Waals surface area contributed by atoms with Gasteiger partial charge in [0.1, 0.15) is 0 Å². The third-order valence-electron chi connectivity index (χ3n) is 3.34. The molecule has 1 N–H and O–H groups in total. The second-order valence-corrected chi connectivity index (χ2v) is 7.75. The van der Waals surface area contributed by atoms with Gasteiger partial charge in [-0.3, -0.25) is 9.59 Å². The lowest BCUT2D eigenvalue weighted by atomic mass is 10.1. The van der Waals surface area contributed by atoms with Crippen molar-refractivity contribution in [2.45, 2.75) is 31.2 Å². The Kier molecular flexibility index (Phi) is 6.41. The molecule has 0 aliphatic carbocycles. The van der Waals surface area contributed by atoms with Gasteiger partial charge in [0, 0.05) is 6.04 Å². The Morgan fingerprint density at radius 1 is 1.30 bits per heavy atom. The topological polar surface area (TPSA) is 68.3 Å². The Morgan fingerprint density at radius 2 is 2.04 bits per heavy atom. The van der Waals surface area contributed by atoms with Gasteiger partial charge >= 0.3 is 5.97 Å². The summed E-state index contributed by atoms with van der Waals surface area (Å²) in [6, 6.07) is 7.88. The molecule has 0 saturated carbocycles. The van der Waals surface area contributed by atoms with E-state index in [1.54, 1.807) is 11.3 Å². The van der Waals surface area contributed by atoms with Crippen molar-refractivity contribution < 1.29 is 14.3 Å². The van der Waals surface area contributed by atoms with E-state index in [0.29, 0.717) is 5.92 Å². The fourth-order valence-electron chi connectivity index (χ4n) is 1.68. The predicted octanol–water partition coefficient (Wildman–Crippen LogP) is 3.09. The second kappa shape index (κ2) is 8.31. The number of carbonyl (C=O) groups excluding carboxylic acids is 2. The Bertz CT molecular complexity index is 652. The third-order valence-corrected chi connectivity index (χ3v) is 5.49. The molecule has 0 fully saturated rings. The van der Waals surface area contributed by atoms with Crippen LogP contribution in [0, 0.1) is 5.92 Å². The van der Waals surface area contributed by atoms with Crippen LogP contribution in [0.2, 0.25) is 0 Å². The van der Waals surface area contributed by atoms with Gasteiger partial charge in [0.2, 0.25) is 0 Å². The molecule has 0 saturated heterocycles. The average Bonchev–Trinajstić information content (AvgIpc) is 2.93. The van der Waals surface area contributed by atoms with Gasteiger partial charge in [0.15, 0.2) is 10.9 Å². The fraction of sp³-hybridized carbons (Fsp3) is 0.438. The smallest absolute Gasteiger partial charge is 0.316 e. The standard InChI is InChI=1S/C16H20N2O3S2/c1-10(2)11(3)17-14(19)8-21-15(20)9-22-16-18-12-6-4-5-7-13(12)23-16/h4-7,10-11H,8-9H2,1-3H3,(H,17,19)/t11-/m0/s1. The lowest BCUT2D eigenvalue weighted by molar-refractivity contribution is -0.146. The molecule has 23 heavy (non-hydrogen) atoms. The average molecular weight is 352 g/mol. The van der Waals surface area contributed by atoms with Crippen molar-refractivity contribution in [3.8, 4) is 0 Å². The summed E-state index contributed by atoms with van der Waals surface area (Å²) in [4.78, 5) is 27.8. The first-order chi connectivity index (χ1) is 11.0. The molecular weight excluding hydrogens is 332 g/mol. The van der Waals surface area contributed by atoms with Gasteiger partial charge in [0.05, 0.1) is 16.0 Å². The summed E-state index contributed by atoms with van der Waals surface area (Å²) < 4.78 is 6.89. The van der Waals surface area contributed by atoms with Crippen LogP contribution in [0.3, 0.4) is 0 Å². The zero-order chi connectivity index (χ0) is 16.8. The van der Waals surface area contributed by atoms with E-state index in [0.717, 1.165) is 14.6 Å². The summed E-state index contributed by atoms with van der Waals surface area (Å²) in [6.45, 7) is 5.72. The number of thiazole rings is 1. The van der Waals surface area contributed by atoms with Crippen LogP contribution in [0.25, 0.3) is 10.2 Å². The van der Waals surface area contributed by atoms with Crippen LogP contribution in [-0.4, -0.2) is 35.3 Å². The van der Waals surface area contributed by atoms with Gasteiger partial charge < -0.3 is 10.1 Å². The molecule has 0 radical (unpaired) electrons. The van der Waals surface area contributed by atoms with Crippen LogP contribution >= 0.6 is 23.1 Å². The Labute approximate surface area is 143 Å². The Morgan fingerprint density at radius 3 is 2.74 bits per heavy atom. The molecule has 7 heteroatoms. The van der Waals surface area contributed by atoms with E-state index in [1.165, 1.54) is 11.8 Å². The molecule has 1 aromatic carbocycles. The molecule has 1 heterocycles. The number of benzene rings is 1. The maximum absolute atomic E-state index is 11.7. The molecular formula is C16H20N2O3S2. The van der Waals surface area contributed by atoms with Crippen molar-refractivity contribution in [3.63, 3.8) is 0 Å². The van der Waals surface area contributed by atoms with Crippen molar-refractivity contribution in [1.29, 1.82) is 0 Å². The summed E-state index contributed by atoms with van der Waals surface area (Å²) in [5.41, 5.74) is 0.926. The van der Waals surface area contributed by atoms with Crippen molar-refractivity contribution >= 4 is 45.2 Å². The summed E-state index contributed by atoms with van der Waals surface area (Å²) in [7, 11) is 0. The minimum Gasteiger partial charge on any atom is -0.455 e. The van der Waals surface area contributed by atoms with Crippen LogP contribution in [0.5, 0.6) is 0 Å². The van der Waals surface area contributed by atoms with Gasteiger partial charge in [-0.25, -0.2) is 4.98 Å². The number of nitrogens with zero attached hydrogens (tertiary/aromatic N) is 1. The second-order valence-electron chi connectivity index (χ2n) is 5.50. The third kappa shape index (κ3) is 5.51. The monoisotopic (exact) mass is 352 g/mol. The number of carbonyl (C=O) groups is 2. The van der Waals surface area contributed by atoms with E-state index < -0.39 is 5.97 Å². The molecule has 0 spiro atoms. The first-order valence-electron chi connectivity index (χ1n) is 7.39. The molecule has 0 aliphatic rings. The molecule has 5 nitrogen and oxygen atoms in total. The maximum Gasteiger partial charge on any atom is 0.316 e. The number of hydrogen-bond donors (Lipinski definition) is 1. The highest BCUT2D eigenvalue weighted by Crippen LogP contribution is 2.29. The number of amides is 1. The summed E-state index contributed by atoms with van der Waals surface area (Å²) in [6.07, 6.45) is 0. The number of thioether (sulfide) groups is 1. The molecule has 124 valence electrons. The Balaban J connectivity index is 1.73. The van der Waals surface area contributed by atoms with E-state index in [9.17, 15) is 9.59 Å². The molecule has 0 aliphatic heterocycles. The van der Waals surface area contributed by atoms with Crippen molar-refractivity contribution in [1.82, 2.24) is 10.3 Å². The number of aromatic nitrogens is 1. The van der Waals surface area contributed by atoms with Gasteiger partial charge in [-0.15, -0.1) is 11.3 Å². The van der Waals surface area contributed by atoms with E-state index in [2.05, 4.69) is 10.3 Å². The largest absolute Gasteiger partial charge is 0.455 e. The highest BCUT2D eigenvalue weighted by atomic mass is 32.2. The van der Waals surface area contributed by atoms with Crippen LogP contribution in [-0.2, 0) is 14.3 Å². The van der Waals surface area contributed by atoms with E-state index in [1.807, 2.05) is 45.0 Å². The van der Waals surface area contributed by atoms with Crippen LogP contribution < -0.4 is 5.32 Å². The zero-order valence-corrected chi connectivity index (χ0v) is 15.0. The predicted molar refractivity (Wildman–Crippen MR) is 93.7 cm³/mol. The highest BCUT2D eigenvalue weighted by molar-refractivity contribution is 8.01. The van der Waals surface area contributed by atoms with E-state index >= 15 is 0 Å². The van der Waals surface area contributed by atoms with E-state index in [-0.39, 0.29) is 24.3 Å². The van der Waals surface area contributed by atoms with Crippen molar-refractivity contribution in [3.05, 3.63) is 24.3 Å². The molecule has 1 amide bonds. The molecule has 1 atom stereocenters. The SMILES string of the molecule is CC(C)[C@H](C)NC(=O)COC(=O)CSc1nc2ccccc2s1. The number of hydrogen-bond acceptors (Lipinski definition) is 6. The normalized spacial score (nSPS) is 12.3. The lowest BCUT2D eigenvalue weighted by Gasteiger charge is -2.17. The van der Waals surface area contributed by atoms with Crippen molar-refractivity contribution in [2.24, 2.45) is 5.92 Å². The summed E-state index contributed by atoms with van der Waals surface area (Å²) >= 11 is 2.87. The number of para-hydroxylation sites is 1. The lowest BCUT2D eigenvalue weighted by Crippen LogP contribution is -2.38. The van der Waals surface area contributed by atoms with Gasteiger partial charge in [-0.05, 0) is 25.0 Å². The Hall–Kier alpha value is -1.60. The minimum atomic E-state index is -0.415. The number of ether oxygens (including phenoxy) is 1. The highest BCUT2D eigenvalue weighted by Gasteiger charge is 2.13. The number of esters is 1. The number of rotatable bonds is 7. The first-order valence-corrected chi connectivity index (χ1v) is 9.19. The van der Waals surface area contributed by atoms with Crippen LogP contribution in [0.15, 0.2) is 28.6 Å². The zero-order valence-electron chi connectivity index (χ0n) is 13.4. The molecule has 2 aromatic rings. The van der Waals surface area contributed by atoms with Gasteiger partial charge in [-0.2, -0.15) is 0 Å². The quantitative estimate of drug-likeness (QED) is 0.612. The first kappa shape index (κ1) is 17.7. The number of fused-ring (bicyclic) bond motifs is 1. The van der Waals surface area contributed by atoms with E-state index in [4.69, 9.17) is 4.74 Å². The fourth-order valence-corrected chi connectivity index (χ4v) is 3.55. The summed E-state index contributed by atoms with van der Waals surface area (Å²) in [5.74, 6) is -0.206. The molecule has 0 unspecified atom stereocenters. The number of nitrogens with one attached hydrogen (secondary N) is 1. The molecule has 0 bridgehead atoms. The van der Waals surface area contributed by atoms with Crippen LogP contribution in [0.1, 0.15) is 20.8 Å². The van der Waals surface area contributed by atoms with Gasteiger partial charge in [-0.1, -0.05) is 37.7 Å². The van der Waals surface area contributed by atoms with Crippen LogP contribution in [0.4, 0.5) is 0 Å².